The van der Waals surface area contributed by atoms with E-state index in [9.17, 15) is 0 Å². The zero-order chi connectivity index (χ0) is 9.73. The van der Waals surface area contributed by atoms with E-state index >= 15 is 0 Å². The number of aromatic nitrogens is 2. The Kier molecular flexibility index (Phi) is 3.68. The van der Waals surface area contributed by atoms with Gasteiger partial charge in [-0.3, -0.25) is 0 Å². The van der Waals surface area contributed by atoms with Crippen molar-refractivity contribution in [3.05, 3.63) is 18.2 Å². The third-order valence-electron chi connectivity index (χ3n) is 1.81. The second-order valence-corrected chi connectivity index (χ2v) is 10.1. The Morgan fingerprint density at radius 2 is 2.23 bits per heavy atom. The first-order chi connectivity index (χ1) is 6.08. The minimum Gasteiger partial charge on any atom is -0.375 e. The van der Waals surface area contributed by atoms with Crippen LogP contribution in [0.15, 0.2) is 12.5 Å². The molecule has 0 aliphatic carbocycles. The Bertz CT molecular complexity index is 228. The highest BCUT2D eigenvalue weighted by Gasteiger charge is 2.11. The smallest absolute Gasteiger partial charge is 0.0922 e. The van der Waals surface area contributed by atoms with Crippen LogP contribution in [0, 0.1) is 0 Å². The van der Waals surface area contributed by atoms with Crippen LogP contribution in [0.25, 0.3) is 0 Å². The van der Waals surface area contributed by atoms with E-state index in [1.54, 1.807) is 12.5 Å². The monoisotopic (exact) mass is 198 g/mol. The quantitative estimate of drug-likeness (QED) is 0.582. The lowest BCUT2D eigenvalue weighted by Gasteiger charge is -2.14. The number of nitrogens with one attached hydrogen (secondary N) is 1. The Morgan fingerprint density at radius 3 is 2.77 bits per heavy atom. The van der Waals surface area contributed by atoms with Crippen LogP contribution in [0.5, 0.6) is 0 Å². The van der Waals surface area contributed by atoms with Crippen molar-refractivity contribution in [3.63, 3.8) is 0 Å². The summed E-state index contributed by atoms with van der Waals surface area (Å²) in [4.78, 5) is 6.93. The molecule has 0 atom stereocenters. The fourth-order valence-electron chi connectivity index (χ4n) is 0.924. The van der Waals surface area contributed by atoms with E-state index in [2.05, 4.69) is 29.6 Å². The van der Waals surface area contributed by atoms with Gasteiger partial charge in [0.25, 0.3) is 0 Å². The minimum absolute atomic E-state index is 0.657. The molecule has 4 heteroatoms. The highest BCUT2D eigenvalue weighted by molar-refractivity contribution is 6.76. The molecule has 0 saturated carbocycles. The molecule has 0 saturated heterocycles. The third kappa shape index (κ3) is 4.85. The Hall–Kier alpha value is -0.613. The van der Waals surface area contributed by atoms with Crippen molar-refractivity contribution in [2.45, 2.75) is 32.3 Å². The van der Waals surface area contributed by atoms with Gasteiger partial charge in [-0.2, -0.15) is 0 Å². The van der Waals surface area contributed by atoms with Crippen LogP contribution in [0.1, 0.15) is 5.69 Å². The minimum atomic E-state index is -0.930. The van der Waals surface area contributed by atoms with Crippen LogP contribution in [0.4, 0.5) is 0 Å². The van der Waals surface area contributed by atoms with Crippen LogP contribution < -0.4 is 0 Å². The summed E-state index contributed by atoms with van der Waals surface area (Å²) in [7, 11) is -0.930. The molecular formula is C9H18N2OSi. The lowest BCUT2D eigenvalue weighted by Crippen LogP contribution is -2.21. The molecule has 3 nitrogen and oxygen atoms in total. The number of rotatable bonds is 5. The van der Waals surface area contributed by atoms with Crippen LogP contribution in [-0.2, 0) is 11.3 Å². The van der Waals surface area contributed by atoms with Crippen molar-refractivity contribution in [1.29, 1.82) is 0 Å². The number of hydrogen-bond acceptors (Lipinski definition) is 2. The lowest BCUT2D eigenvalue weighted by atomic mass is 10.5. The summed E-state index contributed by atoms with van der Waals surface area (Å²) in [6, 6.07) is 1.22. The number of H-pyrrole nitrogens is 1. The fraction of sp³-hybridized carbons (Fsp3) is 0.667. The molecule has 1 N–H and O–H groups in total. The van der Waals surface area contributed by atoms with E-state index in [0.717, 1.165) is 12.3 Å². The van der Waals surface area contributed by atoms with E-state index in [1.807, 2.05) is 0 Å². The molecule has 1 aromatic rings. The maximum atomic E-state index is 5.52. The molecule has 0 bridgehead atoms. The zero-order valence-corrected chi connectivity index (χ0v) is 9.63. The predicted octanol–water partition coefficient (Wildman–Crippen LogP) is 2.26. The van der Waals surface area contributed by atoms with Crippen molar-refractivity contribution in [3.8, 4) is 0 Å². The summed E-state index contributed by atoms with van der Waals surface area (Å²) in [5.74, 6) is 0. The zero-order valence-electron chi connectivity index (χ0n) is 8.63. The fourth-order valence-corrected chi connectivity index (χ4v) is 1.68. The molecule has 0 aliphatic rings. The maximum Gasteiger partial charge on any atom is 0.0922 e. The van der Waals surface area contributed by atoms with Crippen LogP contribution >= 0.6 is 0 Å². The van der Waals surface area contributed by atoms with Crippen molar-refractivity contribution >= 4 is 8.07 Å². The van der Waals surface area contributed by atoms with Crippen molar-refractivity contribution in [2.75, 3.05) is 6.61 Å². The van der Waals surface area contributed by atoms with E-state index in [4.69, 9.17) is 4.74 Å². The Labute approximate surface area is 80.5 Å². The van der Waals surface area contributed by atoms with Crippen LogP contribution in [0.3, 0.4) is 0 Å². The first-order valence-corrected chi connectivity index (χ1v) is 8.34. The standard InChI is InChI=1S/C9H18N2OSi/c1-13(2,3)5-4-12-7-9-6-10-8-11-9/h6,8H,4-5,7H2,1-3H3,(H,10,11). The van der Waals surface area contributed by atoms with Crippen LogP contribution in [-0.4, -0.2) is 24.6 Å². The molecule has 0 unspecified atom stereocenters. The van der Waals surface area contributed by atoms with Crippen LogP contribution in [0.2, 0.25) is 25.7 Å². The number of ether oxygens (including phenoxy) is 1. The normalized spacial score (nSPS) is 11.9. The number of hydrogen-bond donors (Lipinski definition) is 1. The molecule has 0 aliphatic heterocycles. The van der Waals surface area contributed by atoms with Gasteiger partial charge in [0.2, 0.25) is 0 Å². The molecule has 0 fully saturated rings. The molecule has 13 heavy (non-hydrogen) atoms. The second-order valence-electron chi connectivity index (χ2n) is 4.44. The molecule has 1 aromatic heterocycles. The number of aromatic amines is 1. The summed E-state index contributed by atoms with van der Waals surface area (Å²) in [5, 5.41) is 0. The topological polar surface area (TPSA) is 37.9 Å². The van der Waals surface area contributed by atoms with Gasteiger partial charge in [-0.05, 0) is 6.04 Å². The SMILES string of the molecule is C[Si](C)(C)CCOCc1cnc[nH]1. The highest BCUT2D eigenvalue weighted by atomic mass is 28.3. The summed E-state index contributed by atoms with van der Waals surface area (Å²) in [6.45, 7) is 8.59. The average Bonchev–Trinajstić information content (AvgIpc) is 2.48. The highest BCUT2D eigenvalue weighted by Crippen LogP contribution is 2.08. The summed E-state index contributed by atoms with van der Waals surface area (Å²) < 4.78 is 5.52. The molecule has 1 heterocycles. The van der Waals surface area contributed by atoms with Gasteiger partial charge in [0, 0.05) is 14.7 Å². The average molecular weight is 198 g/mol. The van der Waals surface area contributed by atoms with Gasteiger partial charge in [-0.15, -0.1) is 0 Å². The van der Waals surface area contributed by atoms with Gasteiger partial charge in [-0.25, -0.2) is 4.98 Å². The van der Waals surface area contributed by atoms with Gasteiger partial charge in [0.1, 0.15) is 0 Å². The summed E-state index contributed by atoms with van der Waals surface area (Å²) >= 11 is 0. The second kappa shape index (κ2) is 4.57. The summed E-state index contributed by atoms with van der Waals surface area (Å²) in [6.07, 6.45) is 3.48. The molecule has 0 amide bonds. The van der Waals surface area contributed by atoms with E-state index in [1.165, 1.54) is 6.04 Å². The third-order valence-corrected chi connectivity index (χ3v) is 3.51. The van der Waals surface area contributed by atoms with Gasteiger partial charge >= 0.3 is 0 Å². The van der Waals surface area contributed by atoms with Crippen molar-refractivity contribution < 1.29 is 4.74 Å². The van der Waals surface area contributed by atoms with Gasteiger partial charge < -0.3 is 9.72 Å². The largest absolute Gasteiger partial charge is 0.375 e. The first-order valence-electron chi connectivity index (χ1n) is 4.63. The molecular weight excluding hydrogens is 180 g/mol. The van der Waals surface area contributed by atoms with E-state index < -0.39 is 8.07 Å². The molecule has 74 valence electrons. The van der Waals surface area contributed by atoms with Gasteiger partial charge in [-0.1, -0.05) is 19.6 Å². The first kappa shape index (κ1) is 10.5. The van der Waals surface area contributed by atoms with E-state index in [-0.39, 0.29) is 0 Å². The number of nitrogens with zero attached hydrogens (tertiary/aromatic N) is 1. The predicted molar refractivity (Wildman–Crippen MR) is 56.4 cm³/mol. The van der Waals surface area contributed by atoms with Gasteiger partial charge in [0.15, 0.2) is 0 Å². The molecule has 0 aromatic carbocycles. The van der Waals surface area contributed by atoms with E-state index in [0.29, 0.717) is 6.61 Å². The lowest BCUT2D eigenvalue weighted by molar-refractivity contribution is 0.131. The molecule has 0 radical (unpaired) electrons. The molecule has 0 spiro atoms. The Morgan fingerprint density at radius 1 is 1.46 bits per heavy atom. The maximum absolute atomic E-state index is 5.52. The van der Waals surface area contributed by atoms with Gasteiger partial charge in [0.05, 0.1) is 24.8 Å². The summed E-state index contributed by atoms with van der Waals surface area (Å²) in [5.41, 5.74) is 1.05. The van der Waals surface area contributed by atoms with Crippen molar-refractivity contribution in [1.82, 2.24) is 9.97 Å². The molecule has 1 rings (SSSR count). The Balaban J connectivity index is 2.09. The van der Waals surface area contributed by atoms with Crippen molar-refractivity contribution in [2.24, 2.45) is 0 Å². The number of imidazole rings is 1.